The Balaban J connectivity index is 1.91. The van der Waals surface area contributed by atoms with Crippen LogP contribution in [0, 0.1) is 0 Å². The second-order valence-electron chi connectivity index (χ2n) is 5.01. The van der Waals surface area contributed by atoms with Gasteiger partial charge in [-0.05, 0) is 52.7 Å². The van der Waals surface area contributed by atoms with E-state index in [-0.39, 0.29) is 0 Å². The molecule has 0 bridgehead atoms. The van der Waals surface area contributed by atoms with Crippen LogP contribution >= 0.6 is 0 Å². The number of unbranched alkanes of at least 4 members (excludes halogenated alkanes) is 3. The second-order valence-corrected chi connectivity index (χ2v) is 5.01. The number of ether oxygens (including phenoxy) is 1. The summed E-state index contributed by atoms with van der Waals surface area (Å²) in [5.74, 6) is 0. The second kappa shape index (κ2) is 9.86. The van der Waals surface area contributed by atoms with Gasteiger partial charge < -0.3 is 15.0 Å². The number of nitrogens with zero attached hydrogens (tertiary/aromatic N) is 1. The molecule has 1 aliphatic rings. The molecule has 1 fully saturated rings. The van der Waals surface area contributed by atoms with Crippen LogP contribution in [0.15, 0.2) is 0 Å². The highest BCUT2D eigenvalue weighted by Gasteiger charge is 2.18. The van der Waals surface area contributed by atoms with Crippen LogP contribution in [-0.4, -0.2) is 50.8 Å². The van der Waals surface area contributed by atoms with Crippen LogP contribution in [-0.2, 0) is 4.74 Å². The zero-order chi connectivity index (χ0) is 12.3. The summed E-state index contributed by atoms with van der Waals surface area (Å²) in [5, 5.41) is 3.20. The van der Waals surface area contributed by atoms with Crippen molar-refractivity contribution in [1.29, 1.82) is 0 Å². The van der Waals surface area contributed by atoms with E-state index in [1.807, 2.05) is 7.05 Å². The summed E-state index contributed by atoms with van der Waals surface area (Å²) in [6.07, 6.45) is 8.43. The molecule has 1 aliphatic heterocycles. The molecule has 3 heteroatoms. The lowest BCUT2D eigenvalue weighted by atomic mass is 10.1. The van der Waals surface area contributed by atoms with Crippen molar-refractivity contribution in [3.63, 3.8) is 0 Å². The van der Waals surface area contributed by atoms with Crippen molar-refractivity contribution in [1.82, 2.24) is 10.2 Å². The molecule has 0 amide bonds. The molecule has 102 valence electrons. The number of piperidine rings is 1. The minimum Gasteiger partial charge on any atom is -0.378 e. The van der Waals surface area contributed by atoms with Gasteiger partial charge in [0.15, 0.2) is 0 Å². The van der Waals surface area contributed by atoms with Crippen molar-refractivity contribution in [2.75, 3.05) is 39.8 Å². The topological polar surface area (TPSA) is 24.5 Å². The Hall–Kier alpha value is -0.120. The molecule has 1 saturated heterocycles. The highest BCUT2D eigenvalue weighted by Crippen LogP contribution is 2.14. The third kappa shape index (κ3) is 7.02. The van der Waals surface area contributed by atoms with Gasteiger partial charge in [-0.3, -0.25) is 0 Å². The molecule has 0 aliphatic carbocycles. The van der Waals surface area contributed by atoms with Crippen LogP contribution in [0.2, 0.25) is 0 Å². The summed E-state index contributed by atoms with van der Waals surface area (Å²) in [7, 11) is 2.03. The van der Waals surface area contributed by atoms with Gasteiger partial charge >= 0.3 is 0 Å². The number of hydrogen-bond donors (Lipinski definition) is 1. The van der Waals surface area contributed by atoms with E-state index in [1.165, 1.54) is 64.7 Å². The van der Waals surface area contributed by atoms with Crippen LogP contribution in [0.3, 0.4) is 0 Å². The molecule has 3 nitrogen and oxygen atoms in total. The predicted molar refractivity (Wildman–Crippen MR) is 73.5 cm³/mol. The predicted octanol–water partition coefficient (Wildman–Crippen LogP) is 2.27. The summed E-state index contributed by atoms with van der Waals surface area (Å²) >= 11 is 0. The Bertz CT molecular complexity index is 168. The van der Waals surface area contributed by atoms with Crippen LogP contribution in [0.4, 0.5) is 0 Å². The van der Waals surface area contributed by atoms with Crippen LogP contribution in [0.1, 0.15) is 45.4 Å². The normalized spacial score (nSPS) is 18.7. The number of hydrogen-bond acceptors (Lipinski definition) is 3. The molecule has 0 aromatic carbocycles. The van der Waals surface area contributed by atoms with Crippen molar-refractivity contribution in [3.05, 3.63) is 0 Å². The lowest BCUT2D eigenvalue weighted by Crippen LogP contribution is -2.37. The zero-order valence-electron chi connectivity index (χ0n) is 11.7. The van der Waals surface area contributed by atoms with E-state index in [9.17, 15) is 0 Å². The lowest BCUT2D eigenvalue weighted by molar-refractivity contribution is 0.0140. The SMILES string of the molecule is CCOC1CCN(CCCCCCNC)CC1. The average Bonchev–Trinajstić information content (AvgIpc) is 2.36. The van der Waals surface area contributed by atoms with Crippen LogP contribution in [0.5, 0.6) is 0 Å². The van der Waals surface area contributed by atoms with E-state index in [0.29, 0.717) is 6.10 Å². The van der Waals surface area contributed by atoms with E-state index in [4.69, 9.17) is 4.74 Å². The van der Waals surface area contributed by atoms with E-state index < -0.39 is 0 Å². The third-order valence-electron chi connectivity index (χ3n) is 3.59. The minimum absolute atomic E-state index is 0.534. The zero-order valence-corrected chi connectivity index (χ0v) is 11.7. The fraction of sp³-hybridized carbons (Fsp3) is 1.00. The first-order valence-electron chi connectivity index (χ1n) is 7.35. The van der Waals surface area contributed by atoms with Gasteiger partial charge in [0.05, 0.1) is 6.10 Å². The quantitative estimate of drug-likeness (QED) is 0.628. The van der Waals surface area contributed by atoms with Crippen molar-refractivity contribution in [2.24, 2.45) is 0 Å². The first kappa shape index (κ1) is 14.9. The molecule has 1 N–H and O–H groups in total. The average molecular weight is 242 g/mol. The number of rotatable bonds is 9. The lowest BCUT2D eigenvalue weighted by Gasteiger charge is -2.31. The molecule has 0 saturated carbocycles. The summed E-state index contributed by atoms with van der Waals surface area (Å²) in [5.41, 5.74) is 0. The number of nitrogens with one attached hydrogen (secondary N) is 1. The Kier molecular flexibility index (Phi) is 8.67. The molecular weight excluding hydrogens is 212 g/mol. The Morgan fingerprint density at radius 2 is 1.82 bits per heavy atom. The van der Waals surface area contributed by atoms with Gasteiger partial charge in [0.2, 0.25) is 0 Å². The molecule has 17 heavy (non-hydrogen) atoms. The first-order valence-corrected chi connectivity index (χ1v) is 7.35. The van der Waals surface area contributed by atoms with Gasteiger partial charge in [-0.2, -0.15) is 0 Å². The highest BCUT2D eigenvalue weighted by atomic mass is 16.5. The first-order chi connectivity index (χ1) is 8.36. The molecule has 0 aromatic rings. The Morgan fingerprint density at radius 3 is 2.47 bits per heavy atom. The summed E-state index contributed by atoms with van der Waals surface area (Å²) in [6.45, 7) is 7.90. The van der Waals surface area contributed by atoms with Crippen molar-refractivity contribution in [2.45, 2.75) is 51.6 Å². The number of likely N-dealkylation sites (tertiary alicyclic amines) is 1. The van der Waals surface area contributed by atoms with Gasteiger partial charge in [-0.1, -0.05) is 12.8 Å². The maximum Gasteiger partial charge on any atom is 0.0599 e. The fourth-order valence-electron chi connectivity index (χ4n) is 2.53. The molecule has 0 radical (unpaired) electrons. The minimum atomic E-state index is 0.534. The fourth-order valence-corrected chi connectivity index (χ4v) is 2.53. The van der Waals surface area contributed by atoms with Crippen molar-refractivity contribution < 1.29 is 4.74 Å². The van der Waals surface area contributed by atoms with E-state index in [2.05, 4.69) is 17.1 Å². The molecule has 0 atom stereocenters. The summed E-state index contributed by atoms with van der Waals surface area (Å²) < 4.78 is 5.67. The van der Waals surface area contributed by atoms with Gasteiger partial charge in [0.25, 0.3) is 0 Å². The molecule has 0 unspecified atom stereocenters. The molecule has 1 heterocycles. The monoisotopic (exact) mass is 242 g/mol. The van der Waals surface area contributed by atoms with E-state index in [0.717, 1.165) is 6.61 Å². The van der Waals surface area contributed by atoms with Gasteiger partial charge in [-0.25, -0.2) is 0 Å². The van der Waals surface area contributed by atoms with Gasteiger partial charge in [0.1, 0.15) is 0 Å². The van der Waals surface area contributed by atoms with Crippen LogP contribution < -0.4 is 5.32 Å². The molecular formula is C14H30N2O. The Labute approximate surface area is 107 Å². The molecule has 1 rings (SSSR count). The van der Waals surface area contributed by atoms with Gasteiger partial charge in [0, 0.05) is 19.7 Å². The van der Waals surface area contributed by atoms with Gasteiger partial charge in [-0.15, -0.1) is 0 Å². The summed E-state index contributed by atoms with van der Waals surface area (Å²) in [4.78, 5) is 2.60. The largest absolute Gasteiger partial charge is 0.378 e. The van der Waals surface area contributed by atoms with E-state index in [1.54, 1.807) is 0 Å². The summed E-state index contributed by atoms with van der Waals surface area (Å²) in [6, 6.07) is 0. The van der Waals surface area contributed by atoms with Crippen molar-refractivity contribution >= 4 is 0 Å². The van der Waals surface area contributed by atoms with Crippen molar-refractivity contribution in [3.8, 4) is 0 Å². The standard InChI is InChI=1S/C14H30N2O/c1-3-17-14-8-12-16(13-9-14)11-7-5-4-6-10-15-2/h14-15H,3-13H2,1-2H3. The van der Waals surface area contributed by atoms with E-state index >= 15 is 0 Å². The molecule has 0 aromatic heterocycles. The maximum absolute atomic E-state index is 5.67. The smallest absolute Gasteiger partial charge is 0.0599 e. The van der Waals surface area contributed by atoms with Crippen LogP contribution in [0.25, 0.3) is 0 Å². The maximum atomic E-state index is 5.67. The molecule has 0 spiro atoms. The highest BCUT2D eigenvalue weighted by molar-refractivity contribution is 4.72. The third-order valence-corrected chi connectivity index (χ3v) is 3.59. The Morgan fingerprint density at radius 1 is 1.12 bits per heavy atom.